The second-order valence-electron chi connectivity index (χ2n) is 9.42. The molecule has 5 unspecified atom stereocenters. The van der Waals surface area contributed by atoms with Crippen molar-refractivity contribution in [2.75, 3.05) is 13.2 Å². The van der Waals surface area contributed by atoms with E-state index < -0.39 is 61.1 Å². The van der Waals surface area contributed by atoms with E-state index in [1.165, 1.54) is 18.2 Å². The molecule has 0 aromatic rings. The molecule has 0 aromatic heterocycles. The maximum absolute atomic E-state index is 12.4. The summed E-state index contributed by atoms with van der Waals surface area (Å²) in [7, 11) is 0. The zero-order chi connectivity index (χ0) is 31.8. The van der Waals surface area contributed by atoms with E-state index in [4.69, 9.17) is 23.7 Å². The quantitative estimate of drug-likeness (QED) is 0.167. The maximum atomic E-state index is 12.4. The molecule has 0 spiro atoms. The molecule has 0 bridgehead atoms. The van der Waals surface area contributed by atoms with Crippen molar-refractivity contribution >= 4 is 11.9 Å². The van der Waals surface area contributed by atoms with Crippen LogP contribution in [0.25, 0.3) is 0 Å². The first-order valence-corrected chi connectivity index (χ1v) is 14.5. The Hall–Kier alpha value is -2.64. The SMILES string of the molecule is C=C/C=C(\C=C)C(=O)OCC1O[C@H](O[C@@H]2CC(O)[C@H](O)C(COC(=O)C3=CCC(C)C=C3)O2)CC(O)[C@@H]1O.CC.CC. The Kier molecular flexibility index (Phi) is 17.4. The van der Waals surface area contributed by atoms with Gasteiger partial charge in [-0.05, 0) is 18.4 Å². The van der Waals surface area contributed by atoms with Crippen molar-refractivity contribution in [3.8, 4) is 0 Å². The highest BCUT2D eigenvalue weighted by Crippen LogP contribution is 2.28. The minimum atomic E-state index is -1.35. The molecule has 0 saturated carbocycles. The highest BCUT2D eigenvalue weighted by atomic mass is 16.8. The normalized spacial score (nSPS) is 32.5. The molecular formula is C31H48O11. The van der Waals surface area contributed by atoms with E-state index in [0.29, 0.717) is 17.9 Å². The van der Waals surface area contributed by atoms with Crippen LogP contribution >= 0.6 is 0 Å². The third-order valence-corrected chi connectivity index (χ3v) is 6.43. The predicted octanol–water partition coefficient (Wildman–Crippen LogP) is 2.64. The number of aliphatic hydroxyl groups is 4. The summed E-state index contributed by atoms with van der Waals surface area (Å²) in [4.78, 5) is 24.5. The first kappa shape index (κ1) is 37.4. The van der Waals surface area contributed by atoms with E-state index in [1.54, 1.807) is 12.2 Å². The summed E-state index contributed by atoms with van der Waals surface area (Å²) in [6, 6.07) is 0. The van der Waals surface area contributed by atoms with Gasteiger partial charge >= 0.3 is 11.9 Å². The Morgan fingerprint density at radius 2 is 1.45 bits per heavy atom. The topological polar surface area (TPSA) is 161 Å². The minimum absolute atomic E-state index is 0.120. The van der Waals surface area contributed by atoms with Crippen LogP contribution in [-0.2, 0) is 33.3 Å². The van der Waals surface area contributed by atoms with Crippen LogP contribution in [0.4, 0.5) is 0 Å². The molecule has 0 aromatic carbocycles. The number of esters is 2. The number of hydrogen-bond acceptors (Lipinski definition) is 11. The van der Waals surface area contributed by atoms with Crippen molar-refractivity contribution in [1.29, 1.82) is 0 Å². The van der Waals surface area contributed by atoms with E-state index in [9.17, 15) is 30.0 Å². The van der Waals surface area contributed by atoms with E-state index >= 15 is 0 Å². The number of rotatable bonds is 10. The number of hydrogen-bond donors (Lipinski definition) is 4. The van der Waals surface area contributed by atoms with Crippen LogP contribution in [0.3, 0.4) is 0 Å². The van der Waals surface area contributed by atoms with Gasteiger partial charge in [-0.1, -0.05) is 78.2 Å². The van der Waals surface area contributed by atoms with E-state index in [-0.39, 0.29) is 31.6 Å². The van der Waals surface area contributed by atoms with Crippen LogP contribution in [0.15, 0.2) is 60.8 Å². The third kappa shape index (κ3) is 11.2. The molecule has 2 heterocycles. The van der Waals surface area contributed by atoms with Crippen molar-refractivity contribution in [3.63, 3.8) is 0 Å². The van der Waals surface area contributed by atoms with E-state index in [1.807, 2.05) is 40.7 Å². The third-order valence-electron chi connectivity index (χ3n) is 6.43. The molecule has 238 valence electrons. The average Bonchev–Trinajstić information content (AvgIpc) is 3.00. The van der Waals surface area contributed by atoms with Gasteiger partial charge in [0.1, 0.15) is 37.6 Å². The van der Waals surface area contributed by atoms with Crippen LogP contribution in [-0.4, -0.2) is 94.8 Å². The Morgan fingerprint density at radius 1 is 0.929 bits per heavy atom. The van der Waals surface area contributed by atoms with Crippen molar-refractivity contribution in [3.05, 3.63) is 60.8 Å². The van der Waals surface area contributed by atoms with Crippen molar-refractivity contribution in [2.45, 2.75) is 103 Å². The van der Waals surface area contributed by atoms with Crippen LogP contribution in [0.1, 0.15) is 53.9 Å². The lowest BCUT2D eigenvalue weighted by Crippen LogP contribution is -2.55. The van der Waals surface area contributed by atoms with Gasteiger partial charge in [0.15, 0.2) is 12.6 Å². The molecule has 3 rings (SSSR count). The van der Waals surface area contributed by atoms with Gasteiger partial charge in [-0.2, -0.15) is 0 Å². The fourth-order valence-electron chi connectivity index (χ4n) is 4.16. The summed E-state index contributed by atoms with van der Waals surface area (Å²) in [6.07, 6.45) is 0.376. The lowest BCUT2D eigenvalue weighted by atomic mass is 9.98. The molecule has 11 heteroatoms. The molecule has 3 aliphatic rings. The lowest BCUT2D eigenvalue weighted by molar-refractivity contribution is -0.334. The molecule has 0 radical (unpaired) electrons. The molecule has 2 fully saturated rings. The first-order chi connectivity index (χ1) is 20.1. The Morgan fingerprint density at radius 3 is 1.90 bits per heavy atom. The van der Waals surface area contributed by atoms with Crippen LogP contribution < -0.4 is 0 Å². The lowest BCUT2D eigenvalue weighted by Gasteiger charge is -2.41. The largest absolute Gasteiger partial charge is 0.459 e. The van der Waals surface area contributed by atoms with Gasteiger partial charge in [-0.25, -0.2) is 9.59 Å². The standard InChI is InChI=1S/C27H36O11.2C2H6/c1-4-6-16(5-2)26(32)34-13-20-24(30)18(28)11-22(36-20)38-23-12-19(29)25(31)21(37-23)14-35-27(33)17-9-7-15(3)8-10-17;2*1-2/h4-7,9-10,15,18-25,28-31H,1-2,8,11-14H2,3H3;2*1-2H3/b16-6+;;/t15?,18?,19?,20?,21?,22-,23-,24+,25+;;/m1../s1. The zero-order valence-electron chi connectivity index (χ0n) is 25.3. The Bertz CT molecular complexity index is 957. The summed E-state index contributed by atoms with van der Waals surface area (Å²) in [5, 5.41) is 41.3. The first-order valence-electron chi connectivity index (χ1n) is 14.5. The molecule has 0 amide bonds. The Labute approximate surface area is 248 Å². The summed E-state index contributed by atoms with van der Waals surface area (Å²) in [5.74, 6) is -0.961. The average molecular weight is 597 g/mol. The molecule has 2 aliphatic heterocycles. The van der Waals surface area contributed by atoms with Crippen LogP contribution in [0, 0.1) is 5.92 Å². The van der Waals surface area contributed by atoms with E-state index in [0.717, 1.165) is 0 Å². The molecular weight excluding hydrogens is 548 g/mol. The number of aliphatic hydroxyl groups excluding tert-OH is 4. The zero-order valence-corrected chi connectivity index (χ0v) is 25.3. The van der Waals surface area contributed by atoms with Gasteiger partial charge in [-0.15, -0.1) is 0 Å². The fraction of sp³-hybridized carbons (Fsp3) is 0.613. The monoisotopic (exact) mass is 596 g/mol. The molecule has 11 nitrogen and oxygen atoms in total. The van der Waals surface area contributed by atoms with Crippen molar-refractivity contribution in [1.82, 2.24) is 0 Å². The number of ether oxygens (including phenoxy) is 5. The van der Waals surface area contributed by atoms with E-state index in [2.05, 4.69) is 13.2 Å². The molecule has 4 N–H and O–H groups in total. The fourth-order valence-corrected chi connectivity index (χ4v) is 4.16. The molecule has 2 saturated heterocycles. The van der Waals surface area contributed by atoms with Crippen molar-refractivity contribution < 1.29 is 53.7 Å². The summed E-state index contributed by atoms with van der Waals surface area (Å²) in [6.45, 7) is 16.3. The van der Waals surface area contributed by atoms with Crippen LogP contribution in [0.5, 0.6) is 0 Å². The maximum Gasteiger partial charge on any atom is 0.338 e. The summed E-state index contributed by atoms with van der Waals surface area (Å²) >= 11 is 0. The summed E-state index contributed by atoms with van der Waals surface area (Å²) in [5.41, 5.74) is 0.552. The molecule has 42 heavy (non-hydrogen) atoms. The second-order valence-corrected chi connectivity index (χ2v) is 9.42. The highest BCUT2D eigenvalue weighted by Gasteiger charge is 2.43. The Balaban J connectivity index is 0.00000211. The number of carbonyl (C=O) groups excluding carboxylic acids is 2. The van der Waals surface area contributed by atoms with Gasteiger partial charge in [0.25, 0.3) is 0 Å². The van der Waals surface area contributed by atoms with Crippen LogP contribution in [0.2, 0.25) is 0 Å². The minimum Gasteiger partial charge on any atom is -0.459 e. The van der Waals surface area contributed by atoms with Gasteiger partial charge < -0.3 is 44.1 Å². The molecule has 1 aliphatic carbocycles. The van der Waals surface area contributed by atoms with Gasteiger partial charge in [0, 0.05) is 12.8 Å². The van der Waals surface area contributed by atoms with Gasteiger partial charge in [-0.3, -0.25) is 0 Å². The summed E-state index contributed by atoms with van der Waals surface area (Å²) < 4.78 is 27.6. The second kappa shape index (κ2) is 19.5. The van der Waals surface area contributed by atoms with Crippen molar-refractivity contribution in [2.24, 2.45) is 5.92 Å². The predicted molar refractivity (Wildman–Crippen MR) is 156 cm³/mol. The number of allylic oxidation sites excluding steroid dienone is 4. The smallest absolute Gasteiger partial charge is 0.338 e. The van der Waals surface area contributed by atoms with Gasteiger partial charge in [0.05, 0.1) is 23.4 Å². The number of carbonyl (C=O) groups is 2. The highest BCUT2D eigenvalue weighted by molar-refractivity contribution is 5.92. The van der Waals surface area contributed by atoms with Gasteiger partial charge in [0.2, 0.25) is 0 Å². The molecule has 9 atom stereocenters.